The van der Waals surface area contributed by atoms with Gasteiger partial charge in [-0.3, -0.25) is 0 Å². The number of nitrogens with zero attached hydrogens (tertiary/aromatic N) is 4. The molecular weight excluding hydrogens is 1050 g/mol. The Kier molecular flexibility index (Phi) is 12.3. The normalized spacial score (nSPS) is 17.5. The summed E-state index contributed by atoms with van der Waals surface area (Å²) in [6.45, 7) is 4.84. The second-order valence-electron chi connectivity index (χ2n) is 24.9. The van der Waals surface area contributed by atoms with E-state index in [1.165, 1.54) is 114 Å². The number of hydrogen-bond acceptors (Lipinski definition) is 3. The third-order valence-corrected chi connectivity index (χ3v) is 19.7. The molecule has 1 aliphatic carbocycles. The predicted molar refractivity (Wildman–Crippen MR) is 369 cm³/mol. The topological polar surface area (TPSA) is 14.7 Å². The van der Waals surface area contributed by atoms with Crippen LogP contribution in [0.3, 0.4) is 0 Å². The zero-order valence-electron chi connectivity index (χ0n) is 49.1. The van der Waals surface area contributed by atoms with Crippen LogP contribution in [0.5, 0.6) is 0 Å². The van der Waals surface area contributed by atoms with Gasteiger partial charge < -0.3 is 19.3 Å². The van der Waals surface area contributed by atoms with Crippen molar-refractivity contribution in [1.29, 1.82) is 0 Å². The molecule has 0 N–H and O–H groups in total. The van der Waals surface area contributed by atoms with Crippen LogP contribution >= 0.6 is 0 Å². The van der Waals surface area contributed by atoms with Gasteiger partial charge in [0.25, 0.3) is 6.71 Å². The largest absolute Gasteiger partial charge is 0.366 e. The number of rotatable bonds is 9. The van der Waals surface area contributed by atoms with E-state index in [4.69, 9.17) is 0 Å². The predicted octanol–water partition coefficient (Wildman–Crippen LogP) is 19.6. The molecule has 13 aromatic rings. The van der Waals surface area contributed by atoms with Crippen LogP contribution in [-0.4, -0.2) is 23.4 Å². The SMILES string of the molecule is CC1CC2CC(C)N(c3ccc4c(c3)N(c3c(-c5ccccc5)cccc3-c3ccccc3)c3cc(-c5ccccc5)cc5c3B4c3ccc(-n4c6ccccc6c6ccccc64)cc3N5c3c(-c4ccccc4)cccc3-c3ccccc3)C(C1)C2. The van der Waals surface area contributed by atoms with Gasteiger partial charge in [0.15, 0.2) is 0 Å². The molecule has 2 fully saturated rings. The Morgan fingerprint density at radius 1 is 0.333 bits per heavy atom. The first-order valence-corrected chi connectivity index (χ1v) is 31.4. The van der Waals surface area contributed by atoms with Crippen LogP contribution in [0.1, 0.15) is 39.5 Å². The number of hydrogen-bond donors (Lipinski definition) is 0. The van der Waals surface area contributed by atoms with Crippen molar-refractivity contribution in [3.05, 3.63) is 285 Å². The summed E-state index contributed by atoms with van der Waals surface area (Å²) in [6, 6.07) is 108. The summed E-state index contributed by atoms with van der Waals surface area (Å²) in [4.78, 5) is 8.25. The Balaban J connectivity index is 1.03. The van der Waals surface area contributed by atoms with Gasteiger partial charge in [-0.15, -0.1) is 0 Å². The van der Waals surface area contributed by atoms with Crippen LogP contribution in [0.4, 0.5) is 39.8 Å². The average Bonchev–Trinajstić information content (AvgIpc) is 1.06. The van der Waals surface area contributed by atoms with E-state index in [2.05, 4.69) is 318 Å². The molecule has 87 heavy (non-hydrogen) atoms. The molecule has 17 rings (SSSR count). The molecule has 1 aromatic heterocycles. The maximum Gasteiger partial charge on any atom is 0.252 e. The zero-order valence-corrected chi connectivity index (χ0v) is 49.1. The second kappa shape index (κ2) is 20.9. The van der Waals surface area contributed by atoms with Crippen LogP contribution in [0, 0.1) is 11.8 Å². The highest BCUT2D eigenvalue weighted by Crippen LogP contribution is 2.55. The summed E-state index contributed by atoms with van der Waals surface area (Å²) in [5, 5.41) is 2.49. The van der Waals surface area contributed by atoms with Crippen molar-refractivity contribution in [2.45, 2.75) is 51.6 Å². The van der Waals surface area contributed by atoms with Gasteiger partial charge in [0.05, 0.1) is 22.4 Å². The van der Waals surface area contributed by atoms with Gasteiger partial charge in [-0.2, -0.15) is 0 Å². The molecule has 0 radical (unpaired) electrons. The number of anilines is 7. The molecule has 4 nitrogen and oxygen atoms in total. The van der Waals surface area contributed by atoms with E-state index in [0.717, 1.165) is 56.5 Å². The first kappa shape index (κ1) is 51.3. The van der Waals surface area contributed by atoms with Crippen molar-refractivity contribution in [3.8, 4) is 61.3 Å². The van der Waals surface area contributed by atoms with E-state index < -0.39 is 0 Å². The van der Waals surface area contributed by atoms with Crippen molar-refractivity contribution in [1.82, 2.24) is 4.57 Å². The molecule has 0 amide bonds. The van der Waals surface area contributed by atoms with Gasteiger partial charge >= 0.3 is 0 Å². The molecular formula is C82H65BN4. The third kappa shape index (κ3) is 8.42. The molecule has 12 aromatic carbocycles. The van der Waals surface area contributed by atoms with E-state index in [1.54, 1.807) is 0 Å². The summed E-state index contributed by atoms with van der Waals surface area (Å²) in [5.74, 6) is 1.48. The van der Waals surface area contributed by atoms with Crippen molar-refractivity contribution in [2.75, 3.05) is 14.7 Å². The Hall–Kier alpha value is -10.1. The van der Waals surface area contributed by atoms with E-state index in [1.807, 2.05) is 0 Å². The van der Waals surface area contributed by atoms with Gasteiger partial charge in [0.1, 0.15) is 0 Å². The molecule has 1 saturated heterocycles. The molecule has 3 aliphatic heterocycles. The highest BCUT2D eigenvalue weighted by atomic mass is 15.2. The maximum absolute atomic E-state index is 2.84. The van der Waals surface area contributed by atoms with Gasteiger partial charge in [-0.25, -0.2) is 0 Å². The number of para-hydroxylation sites is 4. The minimum Gasteiger partial charge on any atom is -0.366 e. The lowest BCUT2D eigenvalue weighted by Gasteiger charge is -2.51. The smallest absolute Gasteiger partial charge is 0.252 e. The Labute approximate surface area is 511 Å². The first-order valence-electron chi connectivity index (χ1n) is 31.4. The second-order valence-corrected chi connectivity index (χ2v) is 24.9. The van der Waals surface area contributed by atoms with E-state index in [9.17, 15) is 0 Å². The molecule has 4 atom stereocenters. The van der Waals surface area contributed by atoms with Gasteiger partial charge in [-0.1, -0.05) is 244 Å². The lowest BCUT2D eigenvalue weighted by atomic mass is 9.33. The fourth-order valence-electron chi connectivity index (χ4n) is 16.3. The molecule has 4 heterocycles. The minimum absolute atomic E-state index is 0.149. The summed E-state index contributed by atoms with van der Waals surface area (Å²) in [7, 11) is 0. The minimum atomic E-state index is -0.149. The lowest BCUT2D eigenvalue weighted by Crippen LogP contribution is -2.61. The molecule has 1 saturated carbocycles. The molecule has 4 aliphatic rings. The monoisotopic (exact) mass is 1120 g/mol. The highest BCUT2D eigenvalue weighted by molar-refractivity contribution is 7.00. The quantitative estimate of drug-likeness (QED) is 0.134. The van der Waals surface area contributed by atoms with Crippen LogP contribution in [0.25, 0.3) is 83.1 Å². The van der Waals surface area contributed by atoms with Crippen LogP contribution < -0.4 is 31.1 Å². The van der Waals surface area contributed by atoms with Gasteiger partial charge in [0.2, 0.25) is 0 Å². The highest BCUT2D eigenvalue weighted by Gasteiger charge is 2.47. The Morgan fingerprint density at radius 2 is 0.747 bits per heavy atom. The summed E-state index contributed by atoms with van der Waals surface area (Å²) in [5.41, 5.74) is 27.4. The Morgan fingerprint density at radius 3 is 1.22 bits per heavy atom. The van der Waals surface area contributed by atoms with Crippen LogP contribution in [-0.2, 0) is 0 Å². The van der Waals surface area contributed by atoms with Crippen molar-refractivity contribution in [3.63, 3.8) is 0 Å². The van der Waals surface area contributed by atoms with Crippen molar-refractivity contribution < 1.29 is 0 Å². The maximum atomic E-state index is 2.84. The lowest BCUT2D eigenvalue weighted by molar-refractivity contribution is 0.179. The number of fused-ring (bicyclic) bond motifs is 9. The standard InChI is InChI=1S/C82H65BN4/c1-54-46-56-48-55(2)84(65(47-54)49-56)63-42-44-72-76(52-63)86(81-66(58-26-10-4-11-27-58)36-22-37-67(81)59-28-12-5-13-29-59)78-50-62(57-24-8-3-9-25-57)51-79-80(78)83(72)73-45-43-64(85-74-40-20-18-34-70(74)71-35-19-21-41-75(71)85)53-77(73)87(79)82-68(60-30-14-6-15-31-60)38-23-39-69(82)61-32-16-7-17-33-61/h3-45,50-56,65H,46-49H2,1-2H3. The van der Waals surface area contributed by atoms with E-state index in [-0.39, 0.29) is 6.71 Å². The van der Waals surface area contributed by atoms with Gasteiger partial charge in [0, 0.05) is 79.2 Å². The fraction of sp³-hybridized carbons (Fsp3) is 0.122. The van der Waals surface area contributed by atoms with E-state index in [0.29, 0.717) is 18.0 Å². The molecule has 0 spiro atoms. The van der Waals surface area contributed by atoms with Crippen molar-refractivity contribution >= 4 is 84.7 Å². The fourth-order valence-corrected chi connectivity index (χ4v) is 16.3. The number of aromatic nitrogens is 1. The van der Waals surface area contributed by atoms with Crippen LogP contribution in [0.15, 0.2) is 285 Å². The number of benzene rings is 12. The number of piperidine rings is 1. The third-order valence-electron chi connectivity index (χ3n) is 19.7. The average molecular weight is 1120 g/mol. The molecule has 2 bridgehead atoms. The molecule has 4 unspecified atom stereocenters. The zero-order chi connectivity index (χ0) is 57.7. The van der Waals surface area contributed by atoms with Gasteiger partial charge in [-0.05, 0) is 143 Å². The summed E-state index contributed by atoms with van der Waals surface area (Å²) in [6.07, 6.45) is 5.04. The summed E-state index contributed by atoms with van der Waals surface area (Å²) >= 11 is 0. The van der Waals surface area contributed by atoms with Crippen molar-refractivity contribution in [2.24, 2.45) is 11.8 Å². The van der Waals surface area contributed by atoms with Crippen LogP contribution in [0.2, 0.25) is 0 Å². The summed E-state index contributed by atoms with van der Waals surface area (Å²) < 4.78 is 2.50. The van der Waals surface area contributed by atoms with E-state index >= 15 is 0 Å². The Bertz CT molecular complexity index is 4600. The molecule has 416 valence electrons. The molecule has 5 heteroatoms. The first-order chi connectivity index (χ1) is 43.0.